The van der Waals surface area contributed by atoms with E-state index < -0.39 is 0 Å². The number of hydrogen-bond donors (Lipinski definition) is 1. The predicted octanol–water partition coefficient (Wildman–Crippen LogP) is 1.59. The summed E-state index contributed by atoms with van der Waals surface area (Å²) in [5.41, 5.74) is 0.0690. The van der Waals surface area contributed by atoms with Crippen molar-refractivity contribution in [2.45, 2.75) is 56.8 Å². The zero-order chi connectivity index (χ0) is 13.8. The third-order valence-electron chi connectivity index (χ3n) is 4.44. The fraction of sp³-hybridized carbons (Fsp3) is 0.800. The van der Waals surface area contributed by atoms with Gasteiger partial charge in [-0.3, -0.25) is 4.68 Å². The Morgan fingerprint density at radius 3 is 3.00 bits per heavy atom. The number of nitrogens with zero attached hydrogens (tertiary/aromatic N) is 2. The second kappa shape index (κ2) is 6.24. The van der Waals surface area contributed by atoms with Crippen molar-refractivity contribution in [1.29, 1.82) is 0 Å². The summed E-state index contributed by atoms with van der Waals surface area (Å²) in [7, 11) is 0. The summed E-state index contributed by atoms with van der Waals surface area (Å²) in [4.78, 5) is 0. The van der Waals surface area contributed by atoms with Crippen LogP contribution in [0.3, 0.4) is 0 Å². The molecule has 1 aromatic heterocycles. The van der Waals surface area contributed by atoms with Crippen LogP contribution in [0.15, 0.2) is 18.5 Å². The molecular weight excluding hydrogens is 254 g/mol. The van der Waals surface area contributed by atoms with Crippen molar-refractivity contribution in [3.8, 4) is 0 Å². The molecule has 0 amide bonds. The number of rotatable bonds is 4. The Morgan fingerprint density at radius 2 is 2.25 bits per heavy atom. The summed E-state index contributed by atoms with van der Waals surface area (Å²) in [6, 6.07) is 2.94. The molecule has 2 saturated heterocycles. The van der Waals surface area contributed by atoms with Crippen molar-refractivity contribution < 1.29 is 9.47 Å². The van der Waals surface area contributed by atoms with E-state index in [2.05, 4.69) is 17.3 Å². The maximum absolute atomic E-state index is 6.09. The third kappa shape index (κ3) is 3.40. The highest BCUT2D eigenvalue weighted by Gasteiger charge is 2.39. The van der Waals surface area contributed by atoms with Crippen molar-refractivity contribution in [2.24, 2.45) is 0 Å². The van der Waals surface area contributed by atoms with Gasteiger partial charge in [-0.1, -0.05) is 0 Å². The lowest BCUT2D eigenvalue weighted by atomic mass is 9.84. The molecule has 5 nitrogen and oxygen atoms in total. The first-order valence-electron chi connectivity index (χ1n) is 7.71. The van der Waals surface area contributed by atoms with Crippen LogP contribution in [-0.2, 0) is 16.0 Å². The molecule has 0 radical (unpaired) electrons. The van der Waals surface area contributed by atoms with Crippen LogP contribution in [0.2, 0.25) is 0 Å². The van der Waals surface area contributed by atoms with Crippen molar-refractivity contribution in [2.75, 3.05) is 19.8 Å². The minimum atomic E-state index is 0.0690. The van der Waals surface area contributed by atoms with E-state index in [-0.39, 0.29) is 5.60 Å². The van der Waals surface area contributed by atoms with E-state index in [1.807, 2.05) is 23.1 Å². The van der Waals surface area contributed by atoms with Crippen molar-refractivity contribution in [3.05, 3.63) is 18.5 Å². The highest BCUT2D eigenvalue weighted by Crippen LogP contribution is 2.34. The molecule has 3 rings (SSSR count). The molecule has 2 fully saturated rings. The van der Waals surface area contributed by atoms with Gasteiger partial charge < -0.3 is 14.8 Å². The topological polar surface area (TPSA) is 48.3 Å². The number of ether oxygens (including phenoxy) is 2. The Bertz CT molecular complexity index is 396. The summed E-state index contributed by atoms with van der Waals surface area (Å²) in [6.07, 6.45) is 8.14. The highest BCUT2D eigenvalue weighted by atomic mass is 16.5. The molecule has 1 N–H and O–H groups in total. The molecule has 1 aromatic rings. The van der Waals surface area contributed by atoms with Crippen molar-refractivity contribution in [3.63, 3.8) is 0 Å². The standard InChI is InChI=1S/C15H25N3O2/c1-13(12-18-7-2-6-16-18)17-14-3-8-20-15(11-14)4-9-19-10-5-15/h2,6-7,13-14,17H,3-5,8-12H2,1H3. The van der Waals surface area contributed by atoms with E-state index in [4.69, 9.17) is 9.47 Å². The zero-order valence-corrected chi connectivity index (χ0v) is 12.3. The Morgan fingerprint density at radius 1 is 1.40 bits per heavy atom. The summed E-state index contributed by atoms with van der Waals surface area (Å²) in [5, 5.41) is 8.02. The minimum absolute atomic E-state index is 0.0690. The second-order valence-electron chi connectivity index (χ2n) is 6.13. The van der Waals surface area contributed by atoms with Gasteiger partial charge in [0.1, 0.15) is 0 Å². The summed E-state index contributed by atoms with van der Waals surface area (Å²) in [6.45, 7) is 5.70. The molecular formula is C15H25N3O2. The highest BCUT2D eigenvalue weighted by molar-refractivity contribution is 4.92. The molecule has 2 aliphatic rings. The van der Waals surface area contributed by atoms with Gasteiger partial charge in [0.25, 0.3) is 0 Å². The quantitative estimate of drug-likeness (QED) is 0.909. The fourth-order valence-corrected chi connectivity index (χ4v) is 3.41. The monoisotopic (exact) mass is 279 g/mol. The van der Waals surface area contributed by atoms with E-state index >= 15 is 0 Å². The second-order valence-corrected chi connectivity index (χ2v) is 6.13. The van der Waals surface area contributed by atoms with Crippen molar-refractivity contribution in [1.82, 2.24) is 15.1 Å². The SMILES string of the molecule is CC(Cn1cccn1)NC1CCOC2(CCOCC2)C1. The van der Waals surface area contributed by atoms with Gasteiger partial charge in [-0.15, -0.1) is 0 Å². The predicted molar refractivity (Wildman–Crippen MR) is 76.6 cm³/mol. The van der Waals surface area contributed by atoms with Crippen LogP contribution in [0.5, 0.6) is 0 Å². The Hall–Kier alpha value is -0.910. The first kappa shape index (κ1) is 14.0. The van der Waals surface area contributed by atoms with Gasteiger partial charge in [0, 0.05) is 44.3 Å². The normalized spacial score (nSPS) is 27.6. The van der Waals surface area contributed by atoms with Crippen LogP contribution < -0.4 is 5.32 Å². The number of aromatic nitrogens is 2. The fourth-order valence-electron chi connectivity index (χ4n) is 3.41. The van der Waals surface area contributed by atoms with E-state index in [0.29, 0.717) is 12.1 Å². The average molecular weight is 279 g/mol. The molecule has 5 heteroatoms. The zero-order valence-electron chi connectivity index (χ0n) is 12.3. The summed E-state index contributed by atoms with van der Waals surface area (Å²) in [5.74, 6) is 0. The Balaban J connectivity index is 1.51. The lowest BCUT2D eigenvalue weighted by Crippen LogP contribution is -2.52. The van der Waals surface area contributed by atoms with Crippen LogP contribution in [0.4, 0.5) is 0 Å². The van der Waals surface area contributed by atoms with Crippen LogP contribution in [0.1, 0.15) is 32.6 Å². The van der Waals surface area contributed by atoms with Crippen molar-refractivity contribution >= 4 is 0 Å². The lowest BCUT2D eigenvalue weighted by molar-refractivity contribution is -0.140. The molecule has 0 aliphatic carbocycles. The maximum atomic E-state index is 6.09. The van der Waals surface area contributed by atoms with Gasteiger partial charge in [-0.05, 0) is 38.7 Å². The molecule has 0 saturated carbocycles. The van der Waals surface area contributed by atoms with Crippen LogP contribution in [-0.4, -0.2) is 47.3 Å². The van der Waals surface area contributed by atoms with Gasteiger partial charge in [-0.25, -0.2) is 0 Å². The van der Waals surface area contributed by atoms with Gasteiger partial charge in [0.15, 0.2) is 0 Å². The molecule has 0 aromatic carbocycles. The molecule has 112 valence electrons. The van der Waals surface area contributed by atoms with E-state index in [1.54, 1.807) is 0 Å². The maximum Gasteiger partial charge on any atom is 0.0741 e. The first-order chi connectivity index (χ1) is 9.76. The largest absolute Gasteiger partial charge is 0.381 e. The van der Waals surface area contributed by atoms with Gasteiger partial charge in [0.2, 0.25) is 0 Å². The smallest absolute Gasteiger partial charge is 0.0741 e. The molecule has 0 bridgehead atoms. The van der Waals surface area contributed by atoms with Gasteiger partial charge in [0.05, 0.1) is 12.1 Å². The van der Waals surface area contributed by atoms with E-state index in [1.165, 1.54) is 0 Å². The first-order valence-corrected chi connectivity index (χ1v) is 7.71. The third-order valence-corrected chi connectivity index (χ3v) is 4.44. The number of nitrogens with one attached hydrogen (secondary N) is 1. The molecule has 3 heterocycles. The molecule has 1 spiro atoms. The van der Waals surface area contributed by atoms with Crippen LogP contribution in [0, 0.1) is 0 Å². The molecule has 20 heavy (non-hydrogen) atoms. The van der Waals surface area contributed by atoms with Crippen LogP contribution >= 0.6 is 0 Å². The van der Waals surface area contributed by atoms with E-state index in [9.17, 15) is 0 Å². The molecule has 2 unspecified atom stereocenters. The van der Waals surface area contributed by atoms with Crippen LogP contribution in [0.25, 0.3) is 0 Å². The molecule has 2 atom stereocenters. The molecule has 2 aliphatic heterocycles. The van der Waals surface area contributed by atoms with Gasteiger partial charge in [-0.2, -0.15) is 5.10 Å². The number of hydrogen-bond acceptors (Lipinski definition) is 4. The summed E-state index contributed by atoms with van der Waals surface area (Å²) < 4.78 is 13.5. The summed E-state index contributed by atoms with van der Waals surface area (Å²) >= 11 is 0. The van der Waals surface area contributed by atoms with E-state index in [0.717, 1.165) is 52.0 Å². The Kier molecular flexibility index (Phi) is 4.38. The van der Waals surface area contributed by atoms with Gasteiger partial charge >= 0.3 is 0 Å². The Labute approximate surface area is 120 Å². The average Bonchev–Trinajstić information content (AvgIpc) is 2.92. The minimum Gasteiger partial charge on any atom is -0.381 e. The lowest BCUT2D eigenvalue weighted by Gasteiger charge is -2.44.